The van der Waals surface area contributed by atoms with Gasteiger partial charge in [-0.3, -0.25) is 0 Å². The van der Waals surface area contributed by atoms with Crippen LogP contribution in [-0.2, 0) is 0 Å². The standard InChI is InChI=1S/C10H8F2O3/c11-10(12)5-8(10)15-7-3-1-6(2-4-7)9(13)14/h1-4,8H,5H2,(H,13,14). The third kappa shape index (κ3) is 2.06. The molecule has 1 aliphatic carbocycles. The molecule has 0 aromatic heterocycles. The van der Waals surface area contributed by atoms with E-state index in [2.05, 4.69) is 0 Å². The maximum atomic E-state index is 12.5. The molecule has 1 fully saturated rings. The zero-order chi connectivity index (χ0) is 11.1. The second-order valence-corrected chi connectivity index (χ2v) is 3.40. The summed E-state index contributed by atoms with van der Waals surface area (Å²) in [5.74, 6) is -3.52. The van der Waals surface area contributed by atoms with Crippen LogP contribution in [-0.4, -0.2) is 23.1 Å². The van der Waals surface area contributed by atoms with Crippen LogP contribution < -0.4 is 4.74 Å². The SMILES string of the molecule is O=C(O)c1ccc(OC2CC2(F)F)cc1. The molecule has 5 heteroatoms. The molecule has 1 saturated carbocycles. The van der Waals surface area contributed by atoms with Crippen molar-refractivity contribution in [1.82, 2.24) is 0 Å². The lowest BCUT2D eigenvalue weighted by Crippen LogP contribution is -2.07. The maximum absolute atomic E-state index is 12.5. The van der Waals surface area contributed by atoms with Crippen molar-refractivity contribution in [2.75, 3.05) is 0 Å². The fraction of sp³-hybridized carbons (Fsp3) is 0.300. The number of alkyl halides is 2. The van der Waals surface area contributed by atoms with Crippen molar-refractivity contribution in [3.05, 3.63) is 29.8 Å². The van der Waals surface area contributed by atoms with Crippen LogP contribution in [0.4, 0.5) is 8.78 Å². The van der Waals surface area contributed by atoms with Crippen molar-refractivity contribution in [1.29, 1.82) is 0 Å². The number of benzene rings is 1. The molecule has 0 heterocycles. The highest BCUT2D eigenvalue weighted by atomic mass is 19.3. The summed E-state index contributed by atoms with van der Waals surface area (Å²) in [6.45, 7) is 0. The molecular formula is C10H8F2O3. The highest BCUT2D eigenvalue weighted by Gasteiger charge is 2.59. The van der Waals surface area contributed by atoms with Crippen LogP contribution in [0.2, 0.25) is 0 Å². The van der Waals surface area contributed by atoms with E-state index < -0.39 is 18.0 Å². The Balaban J connectivity index is 2.02. The van der Waals surface area contributed by atoms with Crippen molar-refractivity contribution in [2.24, 2.45) is 0 Å². The fourth-order valence-corrected chi connectivity index (χ4v) is 1.16. The summed E-state index contributed by atoms with van der Waals surface area (Å²) in [7, 11) is 0. The highest BCUT2D eigenvalue weighted by molar-refractivity contribution is 5.87. The van der Waals surface area contributed by atoms with Crippen molar-refractivity contribution < 1.29 is 23.4 Å². The molecule has 0 aliphatic heterocycles. The minimum Gasteiger partial charge on any atom is -0.484 e. The lowest BCUT2D eigenvalue weighted by atomic mass is 10.2. The number of hydrogen-bond acceptors (Lipinski definition) is 2. The van der Waals surface area contributed by atoms with Gasteiger partial charge < -0.3 is 9.84 Å². The second kappa shape index (κ2) is 3.18. The molecule has 1 N–H and O–H groups in total. The van der Waals surface area contributed by atoms with E-state index in [9.17, 15) is 13.6 Å². The molecule has 1 aliphatic rings. The number of carbonyl (C=O) groups is 1. The summed E-state index contributed by atoms with van der Waals surface area (Å²) in [5, 5.41) is 8.59. The fourth-order valence-electron chi connectivity index (χ4n) is 1.16. The lowest BCUT2D eigenvalue weighted by molar-refractivity contribution is 0.0660. The van der Waals surface area contributed by atoms with Gasteiger partial charge in [0, 0.05) is 0 Å². The molecular weight excluding hydrogens is 206 g/mol. The number of ether oxygens (including phenoxy) is 1. The van der Waals surface area contributed by atoms with Gasteiger partial charge in [0.2, 0.25) is 0 Å². The third-order valence-electron chi connectivity index (χ3n) is 2.15. The van der Waals surface area contributed by atoms with Crippen molar-refractivity contribution in [3.8, 4) is 5.75 Å². The van der Waals surface area contributed by atoms with Crippen LogP contribution in [0.25, 0.3) is 0 Å². The Hall–Kier alpha value is -1.65. The van der Waals surface area contributed by atoms with Crippen LogP contribution in [0, 0.1) is 0 Å². The van der Waals surface area contributed by atoms with E-state index in [0.717, 1.165) is 0 Å². The summed E-state index contributed by atoms with van der Waals surface area (Å²) in [4.78, 5) is 10.5. The minimum atomic E-state index is -2.73. The topological polar surface area (TPSA) is 46.5 Å². The smallest absolute Gasteiger partial charge is 0.335 e. The quantitative estimate of drug-likeness (QED) is 0.838. The number of aromatic carboxylic acids is 1. The molecule has 3 nitrogen and oxygen atoms in total. The number of rotatable bonds is 3. The van der Waals surface area contributed by atoms with Gasteiger partial charge in [0.25, 0.3) is 5.92 Å². The molecule has 0 saturated heterocycles. The Morgan fingerprint density at radius 2 is 1.93 bits per heavy atom. The number of hydrogen-bond donors (Lipinski definition) is 1. The van der Waals surface area contributed by atoms with E-state index in [4.69, 9.17) is 9.84 Å². The van der Waals surface area contributed by atoms with E-state index in [0.29, 0.717) is 0 Å². The van der Waals surface area contributed by atoms with Gasteiger partial charge in [-0.15, -0.1) is 0 Å². The first-order valence-corrected chi connectivity index (χ1v) is 4.37. The Morgan fingerprint density at radius 3 is 2.33 bits per heavy atom. The molecule has 0 spiro atoms. The van der Waals surface area contributed by atoms with E-state index in [1.54, 1.807) is 0 Å². The molecule has 1 aromatic carbocycles. The number of carboxylic acids is 1. The molecule has 2 rings (SSSR count). The first-order valence-electron chi connectivity index (χ1n) is 4.37. The van der Waals surface area contributed by atoms with E-state index in [1.807, 2.05) is 0 Å². The summed E-state index contributed by atoms with van der Waals surface area (Å²) in [6.07, 6.45) is -1.33. The normalized spacial score (nSPS) is 22.1. The number of carboxylic acid groups (broad SMARTS) is 1. The predicted molar refractivity (Wildman–Crippen MR) is 47.4 cm³/mol. The average molecular weight is 214 g/mol. The van der Waals surface area contributed by atoms with E-state index in [1.165, 1.54) is 24.3 Å². The summed E-state index contributed by atoms with van der Waals surface area (Å²) < 4.78 is 29.9. The first-order chi connectivity index (χ1) is 6.99. The predicted octanol–water partition coefficient (Wildman–Crippen LogP) is 2.17. The average Bonchev–Trinajstić information content (AvgIpc) is 2.74. The third-order valence-corrected chi connectivity index (χ3v) is 2.15. The van der Waals surface area contributed by atoms with Crippen molar-refractivity contribution in [3.63, 3.8) is 0 Å². The van der Waals surface area contributed by atoms with Crippen molar-refractivity contribution in [2.45, 2.75) is 18.4 Å². The maximum Gasteiger partial charge on any atom is 0.335 e. The zero-order valence-electron chi connectivity index (χ0n) is 7.61. The molecule has 1 atom stereocenters. The monoisotopic (exact) mass is 214 g/mol. The Labute approximate surface area is 84.3 Å². The van der Waals surface area contributed by atoms with Gasteiger partial charge in [-0.25, -0.2) is 13.6 Å². The van der Waals surface area contributed by atoms with Gasteiger partial charge >= 0.3 is 5.97 Å². The summed E-state index contributed by atoms with van der Waals surface area (Å²) in [5.41, 5.74) is 0.102. The minimum absolute atomic E-state index is 0.102. The van der Waals surface area contributed by atoms with Crippen LogP contribution in [0.15, 0.2) is 24.3 Å². The lowest BCUT2D eigenvalue weighted by Gasteiger charge is -2.04. The van der Waals surface area contributed by atoms with Crippen LogP contribution in [0.1, 0.15) is 16.8 Å². The Morgan fingerprint density at radius 1 is 1.40 bits per heavy atom. The summed E-state index contributed by atoms with van der Waals surface area (Å²) >= 11 is 0. The first kappa shape index (κ1) is 9.89. The van der Waals surface area contributed by atoms with Gasteiger partial charge in [-0.05, 0) is 24.3 Å². The van der Waals surface area contributed by atoms with Crippen LogP contribution in [0.3, 0.4) is 0 Å². The van der Waals surface area contributed by atoms with Crippen molar-refractivity contribution >= 4 is 5.97 Å². The molecule has 1 aromatic rings. The molecule has 0 amide bonds. The van der Waals surface area contributed by atoms with Gasteiger partial charge in [0.05, 0.1) is 12.0 Å². The zero-order valence-corrected chi connectivity index (χ0v) is 7.61. The molecule has 0 radical (unpaired) electrons. The Kier molecular flexibility index (Phi) is 2.10. The summed E-state index contributed by atoms with van der Waals surface area (Å²) in [6, 6.07) is 5.38. The molecule has 80 valence electrons. The Bertz CT molecular complexity index is 386. The van der Waals surface area contributed by atoms with Crippen LogP contribution in [0.5, 0.6) is 5.75 Å². The van der Waals surface area contributed by atoms with Gasteiger partial charge in [-0.2, -0.15) is 0 Å². The highest BCUT2D eigenvalue weighted by Crippen LogP contribution is 2.44. The van der Waals surface area contributed by atoms with E-state index in [-0.39, 0.29) is 17.7 Å². The van der Waals surface area contributed by atoms with Crippen LogP contribution >= 0.6 is 0 Å². The number of halogens is 2. The van der Waals surface area contributed by atoms with Gasteiger partial charge in [0.15, 0.2) is 6.10 Å². The largest absolute Gasteiger partial charge is 0.484 e. The van der Waals surface area contributed by atoms with E-state index >= 15 is 0 Å². The second-order valence-electron chi connectivity index (χ2n) is 3.40. The molecule has 1 unspecified atom stereocenters. The molecule has 0 bridgehead atoms. The molecule has 15 heavy (non-hydrogen) atoms. The van der Waals surface area contributed by atoms with Gasteiger partial charge in [-0.1, -0.05) is 0 Å². The van der Waals surface area contributed by atoms with Gasteiger partial charge in [0.1, 0.15) is 5.75 Å².